The number of thiophene rings is 1. The van der Waals surface area contributed by atoms with E-state index in [1.54, 1.807) is 11.3 Å². The third-order valence-corrected chi connectivity index (χ3v) is 3.23. The van der Waals surface area contributed by atoms with Crippen LogP contribution in [0.3, 0.4) is 0 Å². The largest absolute Gasteiger partial charge is 0.374 e. The highest BCUT2D eigenvalue weighted by atomic mass is 32.1. The molecular weight excluding hydrogens is 246 g/mol. The van der Waals surface area contributed by atoms with Crippen molar-refractivity contribution in [1.82, 2.24) is 9.97 Å². The first-order valence-corrected chi connectivity index (χ1v) is 6.95. The van der Waals surface area contributed by atoms with Crippen molar-refractivity contribution in [1.29, 1.82) is 0 Å². The number of nitrogens with one attached hydrogen (secondary N) is 1. The first kappa shape index (κ1) is 13.0. The first-order valence-electron chi connectivity index (χ1n) is 6.07. The highest BCUT2D eigenvalue weighted by molar-refractivity contribution is 7.13. The molecule has 0 spiro atoms. The summed E-state index contributed by atoms with van der Waals surface area (Å²) in [4.78, 5) is 10.1. The molecule has 96 valence electrons. The van der Waals surface area contributed by atoms with Crippen LogP contribution in [-0.2, 0) is 11.3 Å². The smallest absolute Gasteiger partial charge is 0.157 e. The fourth-order valence-electron chi connectivity index (χ4n) is 1.58. The number of anilines is 1. The Hall–Kier alpha value is -1.46. The molecule has 2 aromatic rings. The second kappa shape index (κ2) is 6.47. The van der Waals surface area contributed by atoms with Crippen LogP contribution < -0.4 is 5.32 Å². The van der Waals surface area contributed by atoms with Crippen molar-refractivity contribution in [2.75, 3.05) is 18.5 Å². The third-order valence-electron chi connectivity index (χ3n) is 2.34. The van der Waals surface area contributed by atoms with Crippen molar-refractivity contribution in [3.05, 3.63) is 29.4 Å². The van der Waals surface area contributed by atoms with E-state index >= 15 is 0 Å². The maximum atomic E-state index is 5.38. The van der Waals surface area contributed by atoms with Crippen LogP contribution in [0, 0.1) is 0 Å². The lowest BCUT2D eigenvalue weighted by atomic mass is 10.3. The molecule has 2 rings (SSSR count). The van der Waals surface area contributed by atoms with Gasteiger partial charge in [0.25, 0.3) is 0 Å². The van der Waals surface area contributed by atoms with Gasteiger partial charge in [-0.3, -0.25) is 0 Å². The molecule has 0 atom stereocenters. The Balaban J connectivity index is 2.30. The summed E-state index contributed by atoms with van der Waals surface area (Å²) in [5.41, 5.74) is 0.950. The van der Waals surface area contributed by atoms with E-state index in [-0.39, 0.29) is 0 Å². The molecule has 0 aliphatic carbocycles. The van der Waals surface area contributed by atoms with Crippen LogP contribution in [0.2, 0.25) is 0 Å². The number of hydrogen-bond donors (Lipinski definition) is 1. The van der Waals surface area contributed by atoms with Crippen molar-refractivity contribution in [3.8, 4) is 10.6 Å². The average molecular weight is 263 g/mol. The molecule has 5 heteroatoms. The highest BCUT2D eigenvalue weighted by Crippen LogP contribution is 2.24. The molecule has 0 saturated heterocycles. The molecule has 4 nitrogen and oxygen atoms in total. The van der Waals surface area contributed by atoms with E-state index < -0.39 is 0 Å². The van der Waals surface area contributed by atoms with E-state index in [9.17, 15) is 0 Å². The van der Waals surface area contributed by atoms with Crippen LogP contribution in [0.15, 0.2) is 23.6 Å². The van der Waals surface area contributed by atoms with Crippen molar-refractivity contribution >= 4 is 17.2 Å². The fraction of sp³-hybridized carbons (Fsp3) is 0.385. The maximum Gasteiger partial charge on any atom is 0.157 e. The molecule has 2 heterocycles. The summed E-state index contributed by atoms with van der Waals surface area (Å²) in [5, 5.41) is 5.27. The van der Waals surface area contributed by atoms with Crippen LogP contribution in [0.4, 0.5) is 5.82 Å². The first-order chi connectivity index (χ1) is 8.83. The second-order valence-electron chi connectivity index (χ2n) is 3.70. The van der Waals surface area contributed by atoms with Gasteiger partial charge in [0, 0.05) is 19.2 Å². The predicted octanol–water partition coefficient (Wildman–Crippen LogP) is 3.17. The molecule has 0 aliphatic heterocycles. The van der Waals surface area contributed by atoms with E-state index in [0.717, 1.165) is 28.8 Å². The molecule has 0 fully saturated rings. The zero-order valence-electron chi connectivity index (χ0n) is 10.6. The highest BCUT2D eigenvalue weighted by Gasteiger charge is 2.07. The van der Waals surface area contributed by atoms with Gasteiger partial charge >= 0.3 is 0 Å². The zero-order valence-corrected chi connectivity index (χ0v) is 11.5. The maximum absolute atomic E-state index is 5.38. The Labute approximate surface area is 111 Å². The standard InChI is InChI=1S/C13H17N3OS/c1-3-14-12-8-10(11-6-5-7-18-11)15-13(16-12)9-17-4-2/h5-8H,3-4,9H2,1-2H3,(H,14,15,16). The number of rotatable bonds is 6. The van der Waals surface area contributed by atoms with Crippen molar-refractivity contribution in [2.45, 2.75) is 20.5 Å². The van der Waals surface area contributed by atoms with Gasteiger partial charge in [-0.05, 0) is 25.3 Å². The summed E-state index contributed by atoms with van der Waals surface area (Å²) in [6.07, 6.45) is 0. The lowest BCUT2D eigenvalue weighted by Gasteiger charge is -2.08. The fourth-order valence-corrected chi connectivity index (χ4v) is 2.26. The second-order valence-corrected chi connectivity index (χ2v) is 4.65. The molecule has 2 aromatic heterocycles. The van der Waals surface area contributed by atoms with E-state index in [1.807, 2.05) is 24.4 Å². The third kappa shape index (κ3) is 3.27. The average Bonchev–Trinajstić information content (AvgIpc) is 2.90. The monoisotopic (exact) mass is 263 g/mol. The van der Waals surface area contributed by atoms with Gasteiger partial charge in [0.05, 0.1) is 10.6 Å². The molecule has 0 aromatic carbocycles. The molecule has 0 amide bonds. The lowest BCUT2D eigenvalue weighted by Crippen LogP contribution is -2.05. The minimum atomic E-state index is 0.452. The van der Waals surface area contributed by atoms with Gasteiger partial charge in [0.1, 0.15) is 12.4 Å². The molecule has 1 N–H and O–H groups in total. The minimum Gasteiger partial charge on any atom is -0.374 e. The van der Waals surface area contributed by atoms with E-state index in [1.165, 1.54) is 0 Å². The van der Waals surface area contributed by atoms with Crippen LogP contribution in [0.5, 0.6) is 0 Å². The number of nitrogens with zero attached hydrogens (tertiary/aromatic N) is 2. The van der Waals surface area contributed by atoms with E-state index in [2.05, 4.69) is 28.3 Å². The number of ether oxygens (including phenoxy) is 1. The summed E-state index contributed by atoms with van der Waals surface area (Å²) in [6.45, 7) is 5.98. The topological polar surface area (TPSA) is 47.0 Å². The molecule has 0 bridgehead atoms. The van der Waals surface area contributed by atoms with Gasteiger partial charge in [0.2, 0.25) is 0 Å². The Morgan fingerprint density at radius 3 is 2.89 bits per heavy atom. The van der Waals surface area contributed by atoms with Crippen molar-refractivity contribution < 1.29 is 4.74 Å². The Morgan fingerprint density at radius 1 is 1.33 bits per heavy atom. The quantitative estimate of drug-likeness (QED) is 0.869. The van der Waals surface area contributed by atoms with Gasteiger partial charge in [-0.1, -0.05) is 6.07 Å². The van der Waals surface area contributed by atoms with Gasteiger partial charge < -0.3 is 10.1 Å². The molecule has 0 aliphatic rings. The zero-order chi connectivity index (χ0) is 12.8. The normalized spacial score (nSPS) is 10.6. The molecule has 0 radical (unpaired) electrons. The van der Waals surface area contributed by atoms with E-state index in [4.69, 9.17) is 4.74 Å². The van der Waals surface area contributed by atoms with Gasteiger partial charge in [-0.2, -0.15) is 0 Å². The number of hydrogen-bond acceptors (Lipinski definition) is 5. The molecule has 0 saturated carbocycles. The SMILES string of the molecule is CCNc1cc(-c2cccs2)nc(COCC)n1. The van der Waals surface area contributed by atoms with Crippen LogP contribution in [-0.4, -0.2) is 23.1 Å². The van der Waals surface area contributed by atoms with Gasteiger partial charge in [-0.25, -0.2) is 9.97 Å². The molecule has 0 unspecified atom stereocenters. The Morgan fingerprint density at radius 2 is 2.22 bits per heavy atom. The summed E-state index contributed by atoms with van der Waals surface area (Å²) < 4.78 is 5.38. The summed E-state index contributed by atoms with van der Waals surface area (Å²) in [5.74, 6) is 1.57. The van der Waals surface area contributed by atoms with Crippen LogP contribution in [0.1, 0.15) is 19.7 Å². The van der Waals surface area contributed by atoms with Crippen molar-refractivity contribution in [2.24, 2.45) is 0 Å². The summed E-state index contributed by atoms with van der Waals surface area (Å²) in [6, 6.07) is 6.06. The number of aromatic nitrogens is 2. The van der Waals surface area contributed by atoms with Crippen LogP contribution in [0.25, 0.3) is 10.6 Å². The molecular formula is C13H17N3OS. The summed E-state index contributed by atoms with van der Waals surface area (Å²) in [7, 11) is 0. The van der Waals surface area contributed by atoms with Crippen LogP contribution >= 0.6 is 11.3 Å². The Kier molecular flexibility index (Phi) is 4.66. The van der Waals surface area contributed by atoms with Gasteiger partial charge in [0.15, 0.2) is 5.82 Å². The molecule has 18 heavy (non-hydrogen) atoms. The predicted molar refractivity (Wildman–Crippen MR) is 74.8 cm³/mol. The Bertz CT molecular complexity index is 485. The van der Waals surface area contributed by atoms with E-state index in [0.29, 0.717) is 13.2 Å². The summed E-state index contributed by atoms with van der Waals surface area (Å²) >= 11 is 1.68. The van der Waals surface area contributed by atoms with Crippen molar-refractivity contribution in [3.63, 3.8) is 0 Å². The van der Waals surface area contributed by atoms with Gasteiger partial charge in [-0.15, -0.1) is 11.3 Å². The minimum absolute atomic E-state index is 0.452. The lowest BCUT2D eigenvalue weighted by molar-refractivity contribution is 0.128.